The predicted molar refractivity (Wildman–Crippen MR) is 90.4 cm³/mol. The third-order valence-corrected chi connectivity index (χ3v) is 3.93. The molecule has 0 saturated carbocycles. The molecule has 23 heavy (non-hydrogen) atoms. The van der Waals surface area contributed by atoms with Crippen molar-refractivity contribution in [2.75, 3.05) is 18.2 Å². The van der Waals surface area contributed by atoms with Crippen molar-refractivity contribution in [3.8, 4) is 5.75 Å². The maximum absolute atomic E-state index is 12.4. The molecule has 2 aromatic carbocycles. The molecule has 0 spiro atoms. The Morgan fingerprint density at radius 3 is 2.74 bits per heavy atom. The van der Waals surface area contributed by atoms with E-state index in [2.05, 4.69) is 5.32 Å². The van der Waals surface area contributed by atoms with Gasteiger partial charge in [-0.3, -0.25) is 14.9 Å². The van der Waals surface area contributed by atoms with Gasteiger partial charge >= 0.3 is 0 Å². The summed E-state index contributed by atoms with van der Waals surface area (Å²) in [6, 6.07) is 11.3. The Morgan fingerprint density at radius 1 is 1.30 bits per heavy atom. The molecule has 0 aliphatic carbocycles. The van der Waals surface area contributed by atoms with E-state index >= 15 is 0 Å². The SMILES string of the molecule is CCSc1cccc(C(=O)Nc2cc([N+](=O)[O-])ccc2OC)c1. The molecule has 0 fully saturated rings. The number of anilines is 1. The van der Waals surface area contributed by atoms with Crippen molar-refractivity contribution in [3.05, 3.63) is 58.1 Å². The van der Waals surface area contributed by atoms with E-state index in [4.69, 9.17) is 4.74 Å². The van der Waals surface area contributed by atoms with Crippen LogP contribution in [0.25, 0.3) is 0 Å². The molecule has 0 unspecified atom stereocenters. The van der Waals surface area contributed by atoms with E-state index in [0.717, 1.165) is 10.6 Å². The van der Waals surface area contributed by atoms with Crippen LogP contribution in [0, 0.1) is 10.1 Å². The van der Waals surface area contributed by atoms with Crippen molar-refractivity contribution in [1.29, 1.82) is 0 Å². The lowest BCUT2D eigenvalue weighted by atomic mass is 10.2. The van der Waals surface area contributed by atoms with E-state index in [-0.39, 0.29) is 17.3 Å². The number of methoxy groups -OCH3 is 1. The molecule has 0 bridgehead atoms. The monoisotopic (exact) mass is 332 g/mol. The summed E-state index contributed by atoms with van der Waals surface area (Å²) in [6.07, 6.45) is 0. The number of nitrogens with zero attached hydrogens (tertiary/aromatic N) is 1. The summed E-state index contributed by atoms with van der Waals surface area (Å²) in [6.45, 7) is 2.03. The summed E-state index contributed by atoms with van der Waals surface area (Å²) in [5, 5.41) is 13.5. The predicted octanol–water partition coefficient (Wildman–Crippen LogP) is 3.97. The number of nitro groups is 1. The first-order valence-corrected chi connectivity index (χ1v) is 7.90. The van der Waals surface area contributed by atoms with E-state index < -0.39 is 4.92 Å². The van der Waals surface area contributed by atoms with Gasteiger partial charge in [0.05, 0.1) is 17.7 Å². The first kappa shape index (κ1) is 16.8. The van der Waals surface area contributed by atoms with Gasteiger partial charge in [-0.2, -0.15) is 0 Å². The molecule has 0 aliphatic heterocycles. The van der Waals surface area contributed by atoms with Gasteiger partial charge in [-0.1, -0.05) is 13.0 Å². The molecule has 1 N–H and O–H groups in total. The summed E-state index contributed by atoms with van der Waals surface area (Å²) in [4.78, 5) is 23.7. The molecule has 0 aromatic heterocycles. The zero-order chi connectivity index (χ0) is 16.8. The van der Waals surface area contributed by atoms with Gasteiger partial charge in [-0.15, -0.1) is 11.8 Å². The van der Waals surface area contributed by atoms with Gasteiger partial charge in [0.15, 0.2) is 0 Å². The maximum atomic E-state index is 12.4. The molecular formula is C16H16N2O4S. The highest BCUT2D eigenvalue weighted by atomic mass is 32.2. The number of amides is 1. The zero-order valence-electron chi connectivity index (χ0n) is 12.7. The number of ether oxygens (including phenoxy) is 1. The number of carbonyl (C=O) groups excluding carboxylic acids is 1. The number of hydrogen-bond donors (Lipinski definition) is 1. The van der Waals surface area contributed by atoms with Gasteiger partial charge in [-0.25, -0.2) is 0 Å². The lowest BCUT2D eigenvalue weighted by molar-refractivity contribution is -0.384. The minimum atomic E-state index is -0.520. The van der Waals surface area contributed by atoms with Gasteiger partial charge in [0, 0.05) is 22.6 Å². The molecule has 0 atom stereocenters. The quantitative estimate of drug-likeness (QED) is 0.492. The number of non-ortho nitro benzene ring substituents is 1. The number of carbonyl (C=O) groups is 1. The Labute approximate surface area is 138 Å². The van der Waals surface area contributed by atoms with Crippen LogP contribution >= 0.6 is 11.8 Å². The van der Waals surface area contributed by atoms with Crippen LogP contribution < -0.4 is 10.1 Å². The average molecular weight is 332 g/mol. The number of rotatable bonds is 6. The van der Waals surface area contributed by atoms with Crippen molar-refractivity contribution < 1.29 is 14.5 Å². The first-order valence-electron chi connectivity index (χ1n) is 6.91. The van der Waals surface area contributed by atoms with Crippen molar-refractivity contribution in [2.45, 2.75) is 11.8 Å². The Hall–Kier alpha value is -2.54. The minimum Gasteiger partial charge on any atom is -0.495 e. The van der Waals surface area contributed by atoms with E-state index in [9.17, 15) is 14.9 Å². The van der Waals surface area contributed by atoms with Gasteiger partial charge in [0.2, 0.25) is 0 Å². The highest BCUT2D eigenvalue weighted by molar-refractivity contribution is 7.99. The van der Waals surface area contributed by atoms with Crippen LogP contribution in [-0.2, 0) is 0 Å². The normalized spacial score (nSPS) is 10.2. The van der Waals surface area contributed by atoms with E-state index in [1.807, 2.05) is 13.0 Å². The van der Waals surface area contributed by atoms with Crippen molar-refractivity contribution >= 4 is 29.0 Å². The van der Waals surface area contributed by atoms with Crippen LogP contribution in [0.3, 0.4) is 0 Å². The molecule has 2 rings (SSSR count). The smallest absolute Gasteiger partial charge is 0.271 e. The zero-order valence-corrected chi connectivity index (χ0v) is 13.6. The molecule has 6 nitrogen and oxygen atoms in total. The number of nitrogens with one attached hydrogen (secondary N) is 1. The highest BCUT2D eigenvalue weighted by Gasteiger charge is 2.15. The Balaban J connectivity index is 2.27. The number of nitro benzene ring substituents is 1. The first-order chi connectivity index (χ1) is 11.0. The van der Waals surface area contributed by atoms with Crippen LogP contribution in [0.5, 0.6) is 5.75 Å². The van der Waals surface area contributed by atoms with Crippen LogP contribution in [0.4, 0.5) is 11.4 Å². The second-order valence-electron chi connectivity index (χ2n) is 4.56. The molecule has 2 aromatic rings. The summed E-state index contributed by atoms with van der Waals surface area (Å²) < 4.78 is 5.14. The molecule has 0 radical (unpaired) electrons. The van der Waals surface area contributed by atoms with Crippen LogP contribution in [0.15, 0.2) is 47.4 Å². The third-order valence-electron chi connectivity index (χ3n) is 3.05. The van der Waals surface area contributed by atoms with Gasteiger partial charge < -0.3 is 10.1 Å². The number of thioether (sulfide) groups is 1. The molecule has 0 saturated heterocycles. The van der Waals surface area contributed by atoms with Crippen LogP contribution in [0.1, 0.15) is 17.3 Å². The molecule has 7 heteroatoms. The number of benzene rings is 2. The third kappa shape index (κ3) is 4.23. The fourth-order valence-electron chi connectivity index (χ4n) is 2.00. The minimum absolute atomic E-state index is 0.114. The van der Waals surface area contributed by atoms with Crippen molar-refractivity contribution in [2.24, 2.45) is 0 Å². The second kappa shape index (κ2) is 7.64. The summed E-state index contributed by atoms with van der Waals surface area (Å²) >= 11 is 1.63. The molecule has 1 amide bonds. The Kier molecular flexibility index (Phi) is 5.59. The highest BCUT2D eigenvalue weighted by Crippen LogP contribution is 2.29. The summed E-state index contributed by atoms with van der Waals surface area (Å²) in [7, 11) is 1.44. The lowest BCUT2D eigenvalue weighted by Crippen LogP contribution is -2.13. The van der Waals surface area contributed by atoms with E-state index in [1.165, 1.54) is 25.3 Å². The van der Waals surface area contributed by atoms with Gasteiger partial charge in [0.25, 0.3) is 11.6 Å². The Bertz CT molecular complexity index is 734. The molecule has 0 aliphatic rings. The standard InChI is InChI=1S/C16H16N2O4S/c1-3-23-13-6-4-5-11(9-13)16(19)17-14-10-12(18(20)21)7-8-15(14)22-2/h4-10H,3H2,1-2H3,(H,17,19). The largest absolute Gasteiger partial charge is 0.495 e. The van der Waals surface area contributed by atoms with E-state index in [0.29, 0.717) is 11.3 Å². The van der Waals surface area contributed by atoms with Crippen LogP contribution in [0.2, 0.25) is 0 Å². The van der Waals surface area contributed by atoms with Crippen molar-refractivity contribution in [1.82, 2.24) is 0 Å². The fourth-order valence-corrected chi connectivity index (χ4v) is 2.71. The van der Waals surface area contributed by atoms with Crippen LogP contribution in [-0.4, -0.2) is 23.7 Å². The van der Waals surface area contributed by atoms with Gasteiger partial charge in [0.1, 0.15) is 5.75 Å². The summed E-state index contributed by atoms with van der Waals surface area (Å²) in [5.74, 6) is 0.925. The lowest BCUT2D eigenvalue weighted by Gasteiger charge is -2.10. The summed E-state index contributed by atoms with van der Waals surface area (Å²) in [5.41, 5.74) is 0.633. The van der Waals surface area contributed by atoms with Gasteiger partial charge in [-0.05, 0) is 30.0 Å². The molecule has 0 heterocycles. The second-order valence-corrected chi connectivity index (χ2v) is 5.89. The fraction of sp³-hybridized carbons (Fsp3) is 0.188. The average Bonchev–Trinajstić information content (AvgIpc) is 2.55. The van der Waals surface area contributed by atoms with Crippen molar-refractivity contribution in [3.63, 3.8) is 0 Å². The maximum Gasteiger partial charge on any atom is 0.271 e. The molecular weight excluding hydrogens is 316 g/mol. The number of hydrogen-bond acceptors (Lipinski definition) is 5. The topological polar surface area (TPSA) is 81.5 Å². The van der Waals surface area contributed by atoms with E-state index in [1.54, 1.807) is 30.0 Å². The Morgan fingerprint density at radius 2 is 2.09 bits per heavy atom. The molecule has 120 valence electrons.